The minimum absolute atomic E-state index is 0.000283. The third-order valence-corrected chi connectivity index (χ3v) is 6.17. The fraction of sp³-hybridized carbons (Fsp3) is 0.679. The minimum atomic E-state index is -0.602. The molecule has 2 aromatic rings. The molecule has 0 fully saturated rings. The zero-order valence-electron chi connectivity index (χ0n) is 20.4. The molecule has 0 saturated carbocycles. The van der Waals surface area contributed by atoms with Gasteiger partial charge in [0.25, 0.3) is 0 Å². The Bertz CT molecular complexity index is 827. The van der Waals surface area contributed by atoms with Gasteiger partial charge in [0.2, 0.25) is 0 Å². The van der Waals surface area contributed by atoms with E-state index in [1.807, 2.05) is 6.07 Å². The Morgan fingerprint density at radius 2 is 1.34 bits per heavy atom. The van der Waals surface area contributed by atoms with E-state index in [0.29, 0.717) is 17.8 Å². The first-order valence-corrected chi connectivity index (χ1v) is 13.0. The number of fused-ring (bicyclic) bond motifs is 1. The molecule has 0 saturated heterocycles. The van der Waals surface area contributed by atoms with Crippen molar-refractivity contribution in [3.8, 4) is 5.75 Å². The van der Waals surface area contributed by atoms with Crippen molar-refractivity contribution in [2.75, 3.05) is 6.61 Å². The van der Waals surface area contributed by atoms with E-state index in [9.17, 15) is 9.18 Å². The Kier molecular flexibility index (Phi) is 13.1. The summed E-state index contributed by atoms with van der Waals surface area (Å²) in [6.45, 7) is 4.89. The Hall–Kier alpha value is -1.84. The van der Waals surface area contributed by atoms with Gasteiger partial charge in [-0.05, 0) is 30.4 Å². The normalized spacial score (nSPS) is 11.3. The van der Waals surface area contributed by atoms with Crippen molar-refractivity contribution in [3.05, 3.63) is 40.2 Å². The second-order valence-corrected chi connectivity index (χ2v) is 9.04. The van der Waals surface area contributed by atoms with Gasteiger partial charge in [0.05, 0.1) is 6.61 Å². The lowest BCUT2D eigenvalue weighted by Gasteiger charge is -2.09. The van der Waals surface area contributed by atoms with Crippen LogP contribution in [0.1, 0.15) is 116 Å². The third-order valence-electron chi connectivity index (χ3n) is 6.17. The molecule has 1 heterocycles. The van der Waals surface area contributed by atoms with Gasteiger partial charge in [-0.15, -0.1) is 0 Å². The number of hydrogen-bond acceptors (Lipinski definition) is 3. The van der Waals surface area contributed by atoms with Crippen molar-refractivity contribution in [2.24, 2.45) is 0 Å². The van der Waals surface area contributed by atoms with Crippen LogP contribution in [0, 0.1) is 5.82 Å². The second-order valence-electron chi connectivity index (χ2n) is 9.04. The van der Waals surface area contributed by atoms with Gasteiger partial charge in [-0.3, -0.25) is 0 Å². The molecule has 1 aromatic carbocycles. The summed E-state index contributed by atoms with van der Waals surface area (Å²) in [5.74, 6) is 0.184. The average Bonchev–Trinajstić information content (AvgIpc) is 2.78. The van der Waals surface area contributed by atoms with Crippen LogP contribution in [0.4, 0.5) is 4.39 Å². The van der Waals surface area contributed by atoms with E-state index in [1.54, 1.807) is 12.1 Å². The fourth-order valence-electron chi connectivity index (χ4n) is 4.18. The van der Waals surface area contributed by atoms with Crippen LogP contribution in [0.25, 0.3) is 10.8 Å². The Labute approximate surface area is 193 Å². The lowest BCUT2D eigenvalue weighted by atomic mass is 10.0. The van der Waals surface area contributed by atoms with E-state index >= 15 is 0 Å². The second kappa shape index (κ2) is 15.9. The largest absolute Gasteiger partial charge is 0.490 e. The smallest absolute Gasteiger partial charge is 0.346 e. The van der Waals surface area contributed by atoms with E-state index in [0.717, 1.165) is 32.1 Å². The number of ether oxygens (including phenoxy) is 1. The lowest BCUT2D eigenvalue weighted by Crippen LogP contribution is -2.07. The SMILES string of the molecule is CCCCCCCCCCCCc1cc2ccc(OCCCCCCC)c(F)c2c(=O)o1. The molecule has 4 heteroatoms. The van der Waals surface area contributed by atoms with Gasteiger partial charge in [-0.2, -0.15) is 0 Å². The molecule has 0 radical (unpaired) electrons. The summed E-state index contributed by atoms with van der Waals surface area (Å²) in [5, 5.41) is 0.594. The highest BCUT2D eigenvalue weighted by Crippen LogP contribution is 2.25. The third kappa shape index (κ3) is 9.34. The van der Waals surface area contributed by atoms with Crippen LogP contribution in [0.3, 0.4) is 0 Å². The van der Waals surface area contributed by atoms with E-state index < -0.39 is 11.4 Å². The standard InChI is InChI=1S/C28H43FO3/c1-3-5-7-9-10-11-12-13-14-16-18-24-22-23-19-20-25(27(29)26(23)28(30)32-24)31-21-17-15-8-6-4-2/h19-20,22H,3-18,21H2,1-2H3. The van der Waals surface area contributed by atoms with E-state index in [1.165, 1.54) is 70.6 Å². The molecule has 0 aliphatic rings. The van der Waals surface area contributed by atoms with Gasteiger partial charge < -0.3 is 9.15 Å². The van der Waals surface area contributed by atoms with Crippen molar-refractivity contribution < 1.29 is 13.5 Å². The van der Waals surface area contributed by atoms with Gasteiger partial charge in [0, 0.05) is 6.42 Å². The first-order chi connectivity index (χ1) is 15.7. The number of halogens is 1. The van der Waals surface area contributed by atoms with Gasteiger partial charge in [0.15, 0.2) is 11.6 Å². The molecule has 0 amide bonds. The molecule has 2 rings (SSSR count). The summed E-state index contributed by atoms with van der Waals surface area (Å²) in [6, 6.07) is 5.21. The maximum absolute atomic E-state index is 14.8. The van der Waals surface area contributed by atoms with Crippen molar-refractivity contribution >= 4 is 10.8 Å². The fourth-order valence-corrected chi connectivity index (χ4v) is 4.18. The van der Waals surface area contributed by atoms with Gasteiger partial charge in [0.1, 0.15) is 11.1 Å². The zero-order chi connectivity index (χ0) is 23.0. The zero-order valence-corrected chi connectivity index (χ0v) is 20.4. The van der Waals surface area contributed by atoms with Crippen LogP contribution < -0.4 is 10.4 Å². The van der Waals surface area contributed by atoms with Gasteiger partial charge in [-0.1, -0.05) is 103 Å². The van der Waals surface area contributed by atoms with Crippen molar-refractivity contribution in [3.63, 3.8) is 0 Å². The maximum atomic E-state index is 14.8. The predicted octanol–water partition coefficient (Wildman–Crippen LogP) is 8.74. The summed E-state index contributed by atoms with van der Waals surface area (Å²) in [5.41, 5.74) is -0.601. The van der Waals surface area contributed by atoms with Crippen molar-refractivity contribution in [2.45, 2.75) is 117 Å². The Balaban J connectivity index is 1.77. The first kappa shape index (κ1) is 26.4. The lowest BCUT2D eigenvalue weighted by molar-refractivity contribution is 0.291. The molecule has 0 unspecified atom stereocenters. The number of unbranched alkanes of at least 4 members (excludes halogenated alkanes) is 13. The minimum Gasteiger partial charge on any atom is -0.490 e. The molecule has 0 bridgehead atoms. The quantitative estimate of drug-likeness (QED) is 0.215. The van der Waals surface area contributed by atoms with Gasteiger partial charge >= 0.3 is 5.63 Å². The first-order valence-electron chi connectivity index (χ1n) is 13.0. The molecular weight excluding hydrogens is 403 g/mol. The van der Waals surface area contributed by atoms with Crippen molar-refractivity contribution in [1.29, 1.82) is 0 Å². The molecule has 0 N–H and O–H groups in total. The van der Waals surface area contributed by atoms with Gasteiger partial charge in [-0.25, -0.2) is 9.18 Å². The molecule has 32 heavy (non-hydrogen) atoms. The van der Waals surface area contributed by atoms with Crippen LogP contribution in [0.15, 0.2) is 27.4 Å². The summed E-state index contributed by atoms with van der Waals surface area (Å²) < 4.78 is 25.9. The predicted molar refractivity (Wildman–Crippen MR) is 132 cm³/mol. The molecule has 1 aromatic heterocycles. The molecule has 0 atom stereocenters. The van der Waals surface area contributed by atoms with Crippen molar-refractivity contribution in [1.82, 2.24) is 0 Å². The molecule has 0 spiro atoms. The average molecular weight is 447 g/mol. The maximum Gasteiger partial charge on any atom is 0.346 e. The van der Waals surface area contributed by atoms with Crippen LogP contribution in [-0.4, -0.2) is 6.61 Å². The molecule has 3 nitrogen and oxygen atoms in total. The molecule has 180 valence electrons. The van der Waals surface area contributed by atoms with E-state index in [2.05, 4.69) is 13.8 Å². The van der Waals surface area contributed by atoms with E-state index in [4.69, 9.17) is 9.15 Å². The monoisotopic (exact) mass is 446 g/mol. The topological polar surface area (TPSA) is 39.4 Å². The Morgan fingerprint density at radius 3 is 1.97 bits per heavy atom. The highest BCUT2D eigenvalue weighted by molar-refractivity contribution is 5.83. The van der Waals surface area contributed by atoms with E-state index in [-0.39, 0.29) is 11.1 Å². The number of benzene rings is 1. The highest BCUT2D eigenvalue weighted by Gasteiger charge is 2.14. The number of aryl methyl sites for hydroxylation is 1. The number of rotatable bonds is 18. The van der Waals surface area contributed by atoms with Crippen LogP contribution in [-0.2, 0) is 6.42 Å². The van der Waals surface area contributed by atoms with Crippen LogP contribution in [0.2, 0.25) is 0 Å². The Morgan fingerprint density at radius 1 is 0.781 bits per heavy atom. The molecular formula is C28H43FO3. The summed E-state index contributed by atoms with van der Waals surface area (Å²) >= 11 is 0. The van der Waals surface area contributed by atoms with Crippen LogP contribution >= 0.6 is 0 Å². The van der Waals surface area contributed by atoms with Crippen LogP contribution in [0.5, 0.6) is 5.75 Å². The highest BCUT2D eigenvalue weighted by atomic mass is 19.1. The summed E-state index contributed by atoms with van der Waals surface area (Å²) in [7, 11) is 0. The summed E-state index contributed by atoms with van der Waals surface area (Å²) in [4.78, 5) is 12.4. The summed E-state index contributed by atoms with van der Waals surface area (Å²) in [6.07, 6.45) is 18.9. The molecule has 0 aliphatic carbocycles. The number of hydrogen-bond donors (Lipinski definition) is 0. The molecule has 0 aliphatic heterocycles.